The maximum Gasteiger partial charge on any atom is 0.225 e. The Hall–Kier alpha value is -2.50. The average molecular weight is 240 g/mol. The topological polar surface area (TPSA) is 79.4 Å². The standard InChI is InChI=1S/C12H12N6/c1-7-5-8(3-4-14-7)10-9-6-15-18-11(9)17-12(13-2)16-10/h3-6H,1-2H3,(H2,13,15,16,17,18). The molecule has 18 heavy (non-hydrogen) atoms. The largest absolute Gasteiger partial charge is 0.357 e. The number of pyridine rings is 1. The van der Waals surface area contributed by atoms with Gasteiger partial charge in [-0.1, -0.05) is 0 Å². The first-order valence-corrected chi connectivity index (χ1v) is 5.60. The van der Waals surface area contributed by atoms with E-state index in [1.165, 1.54) is 0 Å². The normalized spacial score (nSPS) is 10.8. The van der Waals surface area contributed by atoms with Crippen molar-refractivity contribution in [2.75, 3.05) is 12.4 Å². The predicted molar refractivity (Wildman–Crippen MR) is 69.2 cm³/mol. The van der Waals surface area contributed by atoms with Crippen LogP contribution in [0.2, 0.25) is 0 Å². The van der Waals surface area contributed by atoms with Crippen molar-refractivity contribution in [2.24, 2.45) is 0 Å². The lowest BCUT2D eigenvalue weighted by molar-refractivity contribution is 1.09. The smallest absolute Gasteiger partial charge is 0.225 e. The molecule has 2 N–H and O–H groups in total. The van der Waals surface area contributed by atoms with Crippen LogP contribution in [0.25, 0.3) is 22.3 Å². The van der Waals surface area contributed by atoms with Crippen LogP contribution in [0.1, 0.15) is 5.69 Å². The van der Waals surface area contributed by atoms with Crippen LogP contribution in [0.5, 0.6) is 0 Å². The van der Waals surface area contributed by atoms with Gasteiger partial charge in [0.15, 0.2) is 5.65 Å². The van der Waals surface area contributed by atoms with Crippen molar-refractivity contribution in [3.05, 3.63) is 30.2 Å². The summed E-state index contributed by atoms with van der Waals surface area (Å²) in [6.07, 6.45) is 3.51. The molecule has 0 saturated heterocycles. The zero-order valence-electron chi connectivity index (χ0n) is 10.1. The third-order valence-electron chi connectivity index (χ3n) is 2.70. The van der Waals surface area contributed by atoms with Crippen LogP contribution >= 0.6 is 0 Å². The molecule has 0 aromatic carbocycles. The molecule has 0 bridgehead atoms. The summed E-state index contributed by atoms with van der Waals surface area (Å²) in [5.74, 6) is 0.566. The molecule has 0 radical (unpaired) electrons. The van der Waals surface area contributed by atoms with Gasteiger partial charge >= 0.3 is 0 Å². The van der Waals surface area contributed by atoms with E-state index in [1.807, 2.05) is 19.1 Å². The highest BCUT2D eigenvalue weighted by atomic mass is 15.2. The highest BCUT2D eigenvalue weighted by molar-refractivity contribution is 5.90. The molecule has 3 rings (SSSR count). The lowest BCUT2D eigenvalue weighted by Crippen LogP contribution is -1.98. The first-order chi connectivity index (χ1) is 8.78. The monoisotopic (exact) mass is 240 g/mol. The molecule has 0 saturated carbocycles. The van der Waals surface area contributed by atoms with Crippen LogP contribution in [-0.2, 0) is 0 Å². The van der Waals surface area contributed by atoms with E-state index in [0.717, 1.165) is 28.0 Å². The van der Waals surface area contributed by atoms with Crippen LogP contribution in [-0.4, -0.2) is 32.2 Å². The molecule has 0 aliphatic heterocycles. The Labute approximate surface area is 104 Å². The Kier molecular flexibility index (Phi) is 2.40. The Morgan fingerprint density at radius 2 is 2.17 bits per heavy atom. The molecule has 3 aromatic rings. The van der Waals surface area contributed by atoms with Crippen molar-refractivity contribution < 1.29 is 0 Å². The summed E-state index contributed by atoms with van der Waals surface area (Å²) in [5, 5.41) is 10.7. The van der Waals surface area contributed by atoms with Gasteiger partial charge < -0.3 is 5.32 Å². The Bertz CT molecular complexity index is 703. The van der Waals surface area contributed by atoms with E-state index >= 15 is 0 Å². The first kappa shape index (κ1) is 10.6. The number of nitrogens with zero attached hydrogens (tertiary/aromatic N) is 4. The maximum atomic E-state index is 4.49. The van der Waals surface area contributed by atoms with E-state index in [0.29, 0.717) is 5.95 Å². The first-order valence-electron chi connectivity index (χ1n) is 5.60. The summed E-state index contributed by atoms with van der Waals surface area (Å²) < 4.78 is 0. The minimum absolute atomic E-state index is 0.566. The maximum absolute atomic E-state index is 4.49. The van der Waals surface area contributed by atoms with Crippen LogP contribution in [0, 0.1) is 6.92 Å². The van der Waals surface area contributed by atoms with Crippen LogP contribution in [0.3, 0.4) is 0 Å². The Morgan fingerprint density at radius 3 is 2.94 bits per heavy atom. The summed E-state index contributed by atoms with van der Waals surface area (Å²) in [7, 11) is 1.79. The third kappa shape index (κ3) is 1.67. The molecule has 0 aliphatic rings. The number of rotatable bonds is 2. The minimum Gasteiger partial charge on any atom is -0.357 e. The van der Waals surface area contributed by atoms with Gasteiger partial charge in [-0.15, -0.1) is 0 Å². The highest BCUT2D eigenvalue weighted by Crippen LogP contribution is 2.25. The SMILES string of the molecule is CNc1nc(-c2ccnc(C)c2)c2cn[nH]c2n1. The summed E-state index contributed by atoms with van der Waals surface area (Å²) in [4.78, 5) is 13.0. The molecule has 0 unspecified atom stereocenters. The molecule has 0 aliphatic carbocycles. The van der Waals surface area contributed by atoms with Crippen molar-refractivity contribution in [1.29, 1.82) is 0 Å². The van der Waals surface area contributed by atoms with Gasteiger partial charge in [0.25, 0.3) is 0 Å². The molecule has 3 heterocycles. The molecular weight excluding hydrogens is 228 g/mol. The minimum atomic E-state index is 0.566. The van der Waals surface area contributed by atoms with E-state index < -0.39 is 0 Å². The molecule has 3 aromatic heterocycles. The number of nitrogens with one attached hydrogen (secondary N) is 2. The van der Waals surface area contributed by atoms with Gasteiger partial charge in [0.1, 0.15) is 0 Å². The fourth-order valence-corrected chi connectivity index (χ4v) is 1.86. The number of aryl methyl sites for hydroxylation is 1. The number of H-pyrrole nitrogens is 1. The molecule has 90 valence electrons. The van der Waals surface area contributed by atoms with Gasteiger partial charge in [0.05, 0.1) is 17.3 Å². The molecule has 0 spiro atoms. The molecular formula is C12H12N6. The van der Waals surface area contributed by atoms with Gasteiger partial charge in [0.2, 0.25) is 5.95 Å². The number of fused-ring (bicyclic) bond motifs is 1. The van der Waals surface area contributed by atoms with E-state index in [2.05, 4.69) is 30.5 Å². The van der Waals surface area contributed by atoms with E-state index in [4.69, 9.17) is 0 Å². The number of aromatic amines is 1. The van der Waals surface area contributed by atoms with E-state index in [9.17, 15) is 0 Å². The number of aromatic nitrogens is 5. The zero-order valence-corrected chi connectivity index (χ0v) is 10.1. The summed E-state index contributed by atoms with van der Waals surface area (Å²) in [6, 6.07) is 3.93. The van der Waals surface area contributed by atoms with Crippen molar-refractivity contribution in [3.8, 4) is 11.3 Å². The second kappa shape index (κ2) is 4.06. The van der Waals surface area contributed by atoms with Crippen LogP contribution in [0.4, 0.5) is 5.95 Å². The van der Waals surface area contributed by atoms with Crippen LogP contribution < -0.4 is 5.32 Å². The zero-order chi connectivity index (χ0) is 12.5. The van der Waals surface area contributed by atoms with Crippen LogP contribution in [0.15, 0.2) is 24.5 Å². The number of hydrogen-bond donors (Lipinski definition) is 2. The lowest BCUT2D eigenvalue weighted by Gasteiger charge is -2.05. The molecule has 0 amide bonds. The van der Waals surface area contributed by atoms with Crippen molar-refractivity contribution in [1.82, 2.24) is 25.1 Å². The van der Waals surface area contributed by atoms with Gasteiger partial charge in [-0.05, 0) is 19.1 Å². The predicted octanol–water partition coefficient (Wildman–Crippen LogP) is 1.77. The molecule has 6 nitrogen and oxygen atoms in total. The van der Waals surface area contributed by atoms with E-state index in [1.54, 1.807) is 19.4 Å². The Balaban J connectivity index is 2.29. The fraction of sp³-hybridized carbons (Fsp3) is 0.167. The quantitative estimate of drug-likeness (QED) is 0.713. The number of hydrogen-bond acceptors (Lipinski definition) is 5. The van der Waals surface area contributed by atoms with Gasteiger partial charge in [-0.25, -0.2) is 4.98 Å². The van der Waals surface area contributed by atoms with Crippen molar-refractivity contribution in [2.45, 2.75) is 6.92 Å². The molecule has 0 fully saturated rings. The van der Waals surface area contributed by atoms with Gasteiger partial charge in [-0.3, -0.25) is 10.1 Å². The fourth-order valence-electron chi connectivity index (χ4n) is 1.86. The summed E-state index contributed by atoms with van der Waals surface area (Å²) in [6.45, 7) is 1.95. The lowest BCUT2D eigenvalue weighted by atomic mass is 10.1. The molecule has 0 atom stereocenters. The van der Waals surface area contributed by atoms with Gasteiger partial charge in [0, 0.05) is 24.5 Å². The summed E-state index contributed by atoms with van der Waals surface area (Å²) in [5.41, 5.74) is 3.53. The second-order valence-electron chi connectivity index (χ2n) is 3.96. The average Bonchev–Trinajstić information content (AvgIpc) is 2.85. The molecule has 6 heteroatoms. The van der Waals surface area contributed by atoms with E-state index in [-0.39, 0.29) is 0 Å². The third-order valence-corrected chi connectivity index (χ3v) is 2.70. The second-order valence-corrected chi connectivity index (χ2v) is 3.96. The highest BCUT2D eigenvalue weighted by Gasteiger charge is 2.10. The summed E-state index contributed by atoms with van der Waals surface area (Å²) >= 11 is 0. The van der Waals surface area contributed by atoms with Gasteiger partial charge in [-0.2, -0.15) is 10.1 Å². The van der Waals surface area contributed by atoms with Crippen molar-refractivity contribution >= 4 is 17.0 Å². The number of anilines is 1. The van der Waals surface area contributed by atoms with Crippen molar-refractivity contribution in [3.63, 3.8) is 0 Å². The Morgan fingerprint density at radius 1 is 1.28 bits per heavy atom.